The van der Waals surface area contributed by atoms with Gasteiger partial charge in [-0.05, 0) is 5.01 Å². The molecule has 0 unspecified atom stereocenters. The second kappa shape index (κ2) is 11.6. The smallest absolute Gasteiger partial charge is 0.319 e. The fraction of sp³-hybridized carbons (Fsp3) is 0.545. The van der Waals surface area contributed by atoms with Crippen LogP contribution in [0.3, 0.4) is 0 Å². The lowest BCUT2D eigenvalue weighted by molar-refractivity contribution is -0.122. The Labute approximate surface area is 138 Å². The molecule has 134 valence electrons. The molecule has 5 amide bonds. The molecule has 0 heterocycles. The number of hydrogen-bond acceptors (Lipinski definition) is 7. The molecule has 0 bridgehead atoms. The monoisotopic (exact) mass is 343 g/mol. The van der Waals surface area contributed by atoms with Gasteiger partial charge in [-0.1, -0.05) is 0 Å². The molecule has 0 aromatic carbocycles. The van der Waals surface area contributed by atoms with Crippen molar-refractivity contribution >= 4 is 23.8 Å². The zero-order valence-electron chi connectivity index (χ0n) is 12.9. The Bertz CT molecular complexity index is 484. The molecule has 0 atom stereocenters. The Balaban J connectivity index is 4.88. The van der Waals surface area contributed by atoms with E-state index in [4.69, 9.17) is 24.1 Å². The van der Waals surface area contributed by atoms with Crippen molar-refractivity contribution in [3.8, 4) is 0 Å². The molecule has 0 radical (unpaired) electrons. The van der Waals surface area contributed by atoms with Gasteiger partial charge < -0.3 is 4.90 Å². The number of rotatable bonds is 9. The minimum absolute atomic E-state index is 0.0746. The second-order valence-corrected chi connectivity index (χ2v) is 4.45. The Morgan fingerprint density at radius 3 is 1.50 bits per heavy atom. The lowest BCUT2D eigenvalue weighted by Crippen LogP contribution is -2.45. The van der Waals surface area contributed by atoms with Crippen molar-refractivity contribution in [1.29, 1.82) is 0 Å². The molecule has 0 aromatic rings. The van der Waals surface area contributed by atoms with Crippen LogP contribution >= 0.6 is 0 Å². The summed E-state index contributed by atoms with van der Waals surface area (Å²) in [6.45, 7) is 6.68. The number of carbonyl (C=O) groups excluding carboxylic acids is 4. The summed E-state index contributed by atoms with van der Waals surface area (Å²) < 4.78 is 0. The zero-order chi connectivity index (χ0) is 18.5. The van der Waals surface area contributed by atoms with E-state index in [1.54, 1.807) is 0 Å². The van der Waals surface area contributed by atoms with Gasteiger partial charge in [-0.2, -0.15) is 11.5 Å². The van der Waals surface area contributed by atoms with Gasteiger partial charge in [0.25, 0.3) is 0 Å². The molecule has 0 spiro atoms. The van der Waals surface area contributed by atoms with Crippen molar-refractivity contribution in [3.63, 3.8) is 0 Å². The van der Waals surface area contributed by atoms with E-state index in [9.17, 15) is 19.2 Å². The van der Waals surface area contributed by atoms with Gasteiger partial charge in [0.05, 0.1) is 6.42 Å². The maximum atomic E-state index is 12.3. The number of urea groups is 1. The van der Waals surface area contributed by atoms with Crippen LogP contribution in [0.4, 0.5) is 4.79 Å². The average molecular weight is 343 g/mol. The van der Waals surface area contributed by atoms with Gasteiger partial charge in [-0.25, -0.2) is 22.3 Å². The van der Waals surface area contributed by atoms with E-state index in [1.807, 2.05) is 16.3 Å². The number of hydrogen-bond donors (Lipinski definition) is 6. The predicted molar refractivity (Wildman–Crippen MR) is 81.1 cm³/mol. The number of nitrogens with zero attached hydrogens (tertiary/aromatic N) is 3. The second-order valence-electron chi connectivity index (χ2n) is 4.45. The van der Waals surface area contributed by atoms with Gasteiger partial charge in [-0.15, -0.1) is 0 Å². The number of nitrogens with one attached hydrogen (secondary N) is 3. The summed E-state index contributed by atoms with van der Waals surface area (Å²) in [7, 11) is 0. The van der Waals surface area contributed by atoms with E-state index < -0.39 is 23.8 Å². The molecule has 0 aliphatic carbocycles. The number of nitrogens with two attached hydrogens (primary N) is 3. The maximum Gasteiger partial charge on any atom is 0.385 e. The molecule has 0 aliphatic rings. The van der Waals surface area contributed by atoms with Crippen LogP contribution in [0.5, 0.6) is 0 Å². The third-order valence-electron chi connectivity index (χ3n) is 2.86. The highest BCUT2D eigenvalue weighted by molar-refractivity contribution is 5.80. The summed E-state index contributed by atoms with van der Waals surface area (Å²) in [6, 6.07) is -0.760. The molecule has 0 aromatic heterocycles. The fourth-order valence-electron chi connectivity index (χ4n) is 1.55. The summed E-state index contributed by atoms with van der Waals surface area (Å²) >= 11 is 0. The topological polar surface area (TPSA) is 193 Å². The maximum absolute atomic E-state index is 12.3. The molecule has 24 heavy (non-hydrogen) atoms. The SMILES string of the molecule is [C-]#[N+]N(CCC(=O)NN)C(=O)N(CCC(=O)NN)CCC(=O)NN. The van der Waals surface area contributed by atoms with Gasteiger partial charge >= 0.3 is 6.03 Å². The molecular weight excluding hydrogens is 322 g/mol. The first-order chi connectivity index (χ1) is 11.4. The Morgan fingerprint density at radius 1 is 0.792 bits per heavy atom. The van der Waals surface area contributed by atoms with Crippen molar-refractivity contribution in [2.24, 2.45) is 17.5 Å². The van der Waals surface area contributed by atoms with Crippen LogP contribution in [0.15, 0.2) is 0 Å². The number of amides is 5. The Morgan fingerprint density at radius 2 is 1.17 bits per heavy atom. The molecule has 0 aliphatic heterocycles. The number of hydrazine groups is 3. The van der Waals surface area contributed by atoms with Gasteiger partial charge in [0.15, 0.2) is 0 Å². The van der Waals surface area contributed by atoms with Crippen molar-refractivity contribution in [3.05, 3.63) is 11.5 Å². The molecule has 9 N–H and O–H groups in total. The third kappa shape index (κ3) is 7.89. The Hall–Kier alpha value is -2.95. The summed E-state index contributed by atoms with van der Waals surface area (Å²) in [5.74, 6) is 13.3. The van der Waals surface area contributed by atoms with E-state index in [2.05, 4.69) is 4.95 Å². The highest BCUT2D eigenvalue weighted by Gasteiger charge is 2.26. The van der Waals surface area contributed by atoms with Crippen molar-refractivity contribution in [1.82, 2.24) is 26.2 Å². The van der Waals surface area contributed by atoms with Crippen LogP contribution in [-0.2, 0) is 14.4 Å². The van der Waals surface area contributed by atoms with Crippen molar-refractivity contribution in [2.75, 3.05) is 19.6 Å². The Kier molecular flexibility index (Phi) is 10.2. The van der Waals surface area contributed by atoms with Crippen LogP contribution in [-0.4, -0.2) is 53.3 Å². The van der Waals surface area contributed by atoms with Crippen LogP contribution in [0, 0.1) is 6.57 Å². The van der Waals surface area contributed by atoms with Gasteiger partial charge in [0, 0.05) is 25.9 Å². The van der Waals surface area contributed by atoms with Gasteiger partial charge in [0.2, 0.25) is 17.7 Å². The molecular formula is C11H21N9O4. The lowest BCUT2D eigenvalue weighted by atomic mass is 10.3. The molecule has 0 saturated carbocycles. The van der Waals surface area contributed by atoms with E-state index in [0.29, 0.717) is 5.01 Å². The van der Waals surface area contributed by atoms with Crippen LogP contribution in [0.25, 0.3) is 4.95 Å². The van der Waals surface area contributed by atoms with E-state index in [0.717, 1.165) is 4.90 Å². The predicted octanol–water partition coefficient (Wildman–Crippen LogP) is -3.32. The molecule has 0 fully saturated rings. The molecule has 0 rings (SSSR count). The minimum Gasteiger partial charge on any atom is -0.319 e. The highest BCUT2D eigenvalue weighted by atomic mass is 16.2. The summed E-state index contributed by atoms with van der Waals surface area (Å²) in [5.41, 5.74) is 5.70. The van der Waals surface area contributed by atoms with E-state index in [1.165, 1.54) is 0 Å². The lowest BCUT2D eigenvalue weighted by Gasteiger charge is -2.23. The van der Waals surface area contributed by atoms with Crippen LogP contribution in [0.2, 0.25) is 0 Å². The zero-order valence-corrected chi connectivity index (χ0v) is 12.9. The molecule has 0 saturated heterocycles. The van der Waals surface area contributed by atoms with Crippen molar-refractivity contribution < 1.29 is 19.2 Å². The van der Waals surface area contributed by atoms with Crippen LogP contribution in [0.1, 0.15) is 19.3 Å². The average Bonchev–Trinajstić information content (AvgIpc) is 2.60. The number of carbonyl (C=O) groups is 4. The largest absolute Gasteiger partial charge is 0.385 e. The quantitative estimate of drug-likeness (QED) is 0.109. The highest BCUT2D eigenvalue weighted by Crippen LogP contribution is 2.04. The summed E-state index contributed by atoms with van der Waals surface area (Å²) in [6.07, 6.45) is -0.422. The van der Waals surface area contributed by atoms with Gasteiger partial charge in [-0.3, -0.25) is 30.7 Å². The van der Waals surface area contributed by atoms with Crippen LogP contribution < -0.4 is 33.8 Å². The first-order valence-electron chi connectivity index (χ1n) is 6.81. The summed E-state index contributed by atoms with van der Waals surface area (Å²) in [4.78, 5) is 50.0. The minimum atomic E-state index is -0.760. The first kappa shape index (κ1) is 21.0. The fourth-order valence-corrected chi connectivity index (χ4v) is 1.55. The standard InChI is InChI=1S/C11H21N9O4/c1-15-20(7-4-10(23)18-14)11(24)19(5-2-8(21)16-12)6-3-9(22)17-13/h2-7,12-14H2,(H,16,21)(H,17,22)(H,18,23). The third-order valence-corrected chi connectivity index (χ3v) is 2.86. The molecule has 13 nitrogen and oxygen atoms in total. The van der Waals surface area contributed by atoms with E-state index in [-0.39, 0.29) is 38.9 Å². The van der Waals surface area contributed by atoms with Crippen molar-refractivity contribution in [2.45, 2.75) is 19.3 Å². The molecule has 13 heteroatoms. The first-order valence-corrected chi connectivity index (χ1v) is 6.81. The summed E-state index contributed by atoms with van der Waals surface area (Å²) in [5, 5.41) is 0.704. The normalized spacial score (nSPS) is 9.42. The van der Waals surface area contributed by atoms with E-state index >= 15 is 0 Å². The van der Waals surface area contributed by atoms with Gasteiger partial charge in [0.1, 0.15) is 6.54 Å².